The van der Waals surface area contributed by atoms with Gasteiger partial charge in [-0.05, 0) is 54.1 Å². The van der Waals surface area contributed by atoms with Gasteiger partial charge in [0.1, 0.15) is 11.5 Å². The van der Waals surface area contributed by atoms with E-state index in [1.165, 1.54) is 29.2 Å². The Morgan fingerprint density at radius 2 is 1.50 bits per heavy atom. The van der Waals surface area contributed by atoms with E-state index in [4.69, 9.17) is 9.47 Å². The molecular weight excluding hydrogens is 530 g/mol. The Hall–Kier alpha value is -4.83. The maximum absolute atomic E-state index is 13.2. The number of amides is 2. The molecule has 0 saturated heterocycles. The number of rotatable bonds is 9. The predicted molar refractivity (Wildman–Crippen MR) is 151 cm³/mol. The van der Waals surface area contributed by atoms with Gasteiger partial charge in [-0.15, -0.1) is 0 Å². The lowest BCUT2D eigenvalue weighted by molar-refractivity contribution is -0.128. The zero-order valence-corrected chi connectivity index (χ0v) is 22.2. The molecule has 4 aromatic rings. The molecule has 0 radical (unpaired) electrons. The zero-order valence-electron chi connectivity index (χ0n) is 21.4. The highest BCUT2D eigenvalue weighted by Gasteiger charge is 2.33. The molecule has 0 saturated carbocycles. The number of benzene rings is 4. The van der Waals surface area contributed by atoms with Gasteiger partial charge in [0.15, 0.2) is 12.7 Å². The highest BCUT2D eigenvalue weighted by Crippen LogP contribution is 2.33. The van der Waals surface area contributed by atoms with Crippen LogP contribution in [0.5, 0.6) is 11.5 Å². The first-order valence-electron chi connectivity index (χ1n) is 12.6. The zero-order chi connectivity index (χ0) is 28.0. The summed E-state index contributed by atoms with van der Waals surface area (Å²) < 4.78 is 39.4. The van der Waals surface area contributed by atoms with E-state index in [-0.39, 0.29) is 29.9 Å². The summed E-state index contributed by atoms with van der Waals surface area (Å²) in [7, 11) is -3.78. The largest absolute Gasteiger partial charge is 0.484 e. The molecule has 4 aromatic carbocycles. The van der Waals surface area contributed by atoms with Crippen LogP contribution in [0.3, 0.4) is 0 Å². The first-order chi connectivity index (χ1) is 19.4. The van der Waals surface area contributed by atoms with Crippen molar-refractivity contribution in [3.63, 3.8) is 0 Å². The maximum atomic E-state index is 13.2. The minimum atomic E-state index is -3.78. The van der Waals surface area contributed by atoms with Crippen LogP contribution in [0.1, 0.15) is 5.56 Å². The second kappa shape index (κ2) is 11.9. The van der Waals surface area contributed by atoms with E-state index in [9.17, 15) is 18.0 Å². The van der Waals surface area contributed by atoms with Gasteiger partial charge in [-0.1, -0.05) is 60.7 Å². The van der Waals surface area contributed by atoms with Crippen molar-refractivity contribution >= 4 is 33.2 Å². The molecule has 9 nitrogen and oxygen atoms in total. The van der Waals surface area contributed by atoms with Crippen molar-refractivity contribution in [1.29, 1.82) is 0 Å². The Morgan fingerprint density at radius 3 is 2.23 bits per heavy atom. The number of nitrogens with zero attached hydrogens (tertiary/aromatic N) is 1. The van der Waals surface area contributed by atoms with Gasteiger partial charge >= 0.3 is 0 Å². The Balaban J connectivity index is 1.22. The van der Waals surface area contributed by atoms with Crippen LogP contribution in [0, 0.1) is 0 Å². The van der Waals surface area contributed by atoms with Crippen LogP contribution in [0.25, 0.3) is 0 Å². The molecule has 0 aliphatic carbocycles. The molecule has 0 fully saturated rings. The van der Waals surface area contributed by atoms with Gasteiger partial charge in [-0.3, -0.25) is 14.3 Å². The monoisotopic (exact) mass is 557 g/mol. The molecule has 2 N–H and O–H groups in total. The number of hydrogen-bond donors (Lipinski definition) is 2. The highest BCUT2D eigenvalue weighted by atomic mass is 32.2. The second-order valence-electron chi connectivity index (χ2n) is 9.01. The highest BCUT2D eigenvalue weighted by molar-refractivity contribution is 7.92. The first-order valence-corrected chi connectivity index (χ1v) is 14.1. The first kappa shape index (κ1) is 26.8. The number of ether oxygens (including phenoxy) is 2. The van der Waals surface area contributed by atoms with Crippen LogP contribution in [-0.4, -0.2) is 39.5 Å². The van der Waals surface area contributed by atoms with Gasteiger partial charge in [-0.25, -0.2) is 8.42 Å². The van der Waals surface area contributed by atoms with Crippen LogP contribution in [0.2, 0.25) is 0 Å². The summed E-state index contributed by atoms with van der Waals surface area (Å²) in [6.45, 7) is 0.0358. The fourth-order valence-corrected chi connectivity index (χ4v) is 5.22. The number of carbonyl (C=O) groups excluding carboxylic acids is 2. The van der Waals surface area contributed by atoms with E-state index in [1.807, 2.05) is 30.3 Å². The van der Waals surface area contributed by atoms with Gasteiger partial charge in [0, 0.05) is 12.2 Å². The minimum absolute atomic E-state index is 0.0160. The molecule has 0 bridgehead atoms. The van der Waals surface area contributed by atoms with E-state index in [2.05, 4.69) is 10.0 Å². The SMILES string of the molecule is O=C(NCc1ccccc1)[C@H]1CN(C(=O)COc2ccc(S(=O)(=O)Nc3ccccc3)cc2)c2ccccc2O1. The molecule has 1 aliphatic rings. The van der Waals surface area contributed by atoms with Crippen LogP contribution in [0.4, 0.5) is 11.4 Å². The van der Waals surface area contributed by atoms with Crippen molar-refractivity contribution in [2.24, 2.45) is 0 Å². The molecule has 204 valence electrons. The van der Waals surface area contributed by atoms with Gasteiger partial charge < -0.3 is 19.7 Å². The molecule has 0 spiro atoms. The molecular formula is C30H27N3O6S. The number of anilines is 2. The summed E-state index contributed by atoms with van der Waals surface area (Å²) in [6, 6.07) is 30.8. The third kappa shape index (κ3) is 6.41. The van der Waals surface area contributed by atoms with Crippen molar-refractivity contribution in [1.82, 2.24) is 5.32 Å². The predicted octanol–water partition coefficient (Wildman–Crippen LogP) is 3.98. The average molecular weight is 558 g/mol. The van der Waals surface area contributed by atoms with E-state index in [0.29, 0.717) is 29.4 Å². The Labute approximate surface area is 232 Å². The third-order valence-corrected chi connectivity index (χ3v) is 7.60. The number of sulfonamides is 1. The van der Waals surface area contributed by atoms with Gasteiger partial charge in [-0.2, -0.15) is 0 Å². The fraction of sp³-hybridized carbons (Fsp3) is 0.133. The molecule has 10 heteroatoms. The van der Waals surface area contributed by atoms with Crippen LogP contribution in [0.15, 0.2) is 114 Å². The van der Waals surface area contributed by atoms with Crippen LogP contribution in [-0.2, 0) is 26.2 Å². The Morgan fingerprint density at radius 1 is 0.850 bits per heavy atom. The molecule has 40 heavy (non-hydrogen) atoms. The lowest BCUT2D eigenvalue weighted by Gasteiger charge is -2.34. The molecule has 0 unspecified atom stereocenters. The lowest BCUT2D eigenvalue weighted by Crippen LogP contribution is -2.51. The average Bonchev–Trinajstić information content (AvgIpc) is 2.99. The summed E-state index contributed by atoms with van der Waals surface area (Å²) in [5.74, 6) is 0.0326. The van der Waals surface area contributed by atoms with E-state index >= 15 is 0 Å². The third-order valence-electron chi connectivity index (χ3n) is 6.20. The summed E-state index contributed by atoms with van der Waals surface area (Å²) in [5, 5.41) is 2.86. The molecule has 1 heterocycles. The second-order valence-corrected chi connectivity index (χ2v) is 10.7. The Kier molecular flexibility index (Phi) is 7.97. The van der Waals surface area contributed by atoms with Gasteiger partial charge in [0.25, 0.3) is 21.8 Å². The maximum Gasteiger partial charge on any atom is 0.265 e. The van der Waals surface area contributed by atoms with E-state index in [1.54, 1.807) is 54.6 Å². The standard InChI is InChI=1S/C30H27N3O6S/c34-29(21-38-24-15-17-25(18-16-24)40(36,37)32-23-11-5-2-6-12-23)33-20-28(39-27-14-8-7-13-26(27)33)30(35)31-19-22-9-3-1-4-10-22/h1-18,28,32H,19-21H2,(H,31,35)/t28-/m1/s1. The van der Waals surface area contributed by atoms with Crippen molar-refractivity contribution < 1.29 is 27.5 Å². The minimum Gasteiger partial charge on any atom is -0.484 e. The smallest absolute Gasteiger partial charge is 0.265 e. The quantitative estimate of drug-likeness (QED) is 0.322. The molecule has 0 aromatic heterocycles. The molecule has 2 amide bonds. The van der Waals surface area contributed by atoms with Crippen LogP contribution >= 0.6 is 0 Å². The van der Waals surface area contributed by atoms with Gasteiger partial charge in [0.05, 0.1) is 17.1 Å². The van der Waals surface area contributed by atoms with Crippen molar-refractivity contribution in [3.8, 4) is 11.5 Å². The van der Waals surface area contributed by atoms with Crippen LogP contribution < -0.4 is 24.4 Å². The lowest BCUT2D eigenvalue weighted by atomic mass is 10.1. The van der Waals surface area contributed by atoms with Gasteiger partial charge in [0.2, 0.25) is 0 Å². The molecule has 5 rings (SSSR count). The number of carbonyl (C=O) groups is 2. The summed E-state index contributed by atoms with van der Waals surface area (Å²) >= 11 is 0. The summed E-state index contributed by atoms with van der Waals surface area (Å²) in [6.07, 6.45) is -0.899. The number of para-hydroxylation sites is 3. The van der Waals surface area contributed by atoms with Crippen molar-refractivity contribution in [2.45, 2.75) is 17.5 Å². The topological polar surface area (TPSA) is 114 Å². The molecule has 1 aliphatic heterocycles. The van der Waals surface area contributed by atoms with Crippen molar-refractivity contribution in [3.05, 3.63) is 115 Å². The fourth-order valence-electron chi connectivity index (χ4n) is 4.16. The van der Waals surface area contributed by atoms with E-state index < -0.39 is 16.1 Å². The number of fused-ring (bicyclic) bond motifs is 1. The number of nitrogens with one attached hydrogen (secondary N) is 2. The summed E-state index contributed by atoms with van der Waals surface area (Å²) in [5.41, 5.74) is 1.94. The number of hydrogen-bond acceptors (Lipinski definition) is 6. The Bertz CT molecular complexity index is 1580. The van der Waals surface area contributed by atoms with E-state index in [0.717, 1.165) is 5.56 Å². The normalized spacial score (nSPS) is 14.4. The van der Waals surface area contributed by atoms with Crippen molar-refractivity contribution in [2.75, 3.05) is 22.8 Å². The summed E-state index contributed by atoms with van der Waals surface area (Å²) in [4.78, 5) is 27.6. The molecule has 1 atom stereocenters.